The lowest BCUT2D eigenvalue weighted by Crippen LogP contribution is -2.42. The summed E-state index contributed by atoms with van der Waals surface area (Å²) in [7, 11) is 3.80. The Kier molecular flexibility index (Phi) is 5.28. The lowest BCUT2D eigenvalue weighted by atomic mass is 10.2. The van der Waals surface area contributed by atoms with Crippen molar-refractivity contribution in [3.8, 4) is 0 Å². The Morgan fingerprint density at radius 1 is 1.48 bits per heavy atom. The Morgan fingerprint density at radius 3 is 3.08 bits per heavy atom. The minimum atomic E-state index is -0.297. The molecule has 25 heavy (non-hydrogen) atoms. The van der Waals surface area contributed by atoms with Gasteiger partial charge in [0.25, 0.3) is 5.91 Å². The van der Waals surface area contributed by atoms with Gasteiger partial charge in [-0.1, -0.05) is 6.92 Å². The molecule has 0 radical (unpaired) electrons. The Morgan fingerprint density at radius 2 is 2.32 bits per heavy atom. The normalized spacial score (nSPS) is 17.6. The van der Waals surface area contributed by atoms with Gasteiger partial charge in [0.1, 0.15) is 17.7 Å². The second-order valence-electron chi connectivity index (χ2n) is 6.30. The highest BCUT2D eigenvalue weighted by atomic mass is 16.5. The topological polar surface area (TPSA) is 87.2 Å². The first-order chi connectivity index (χ1) is 12.1. The second-order valence-corrected chi connectivity index (χ2v) is 6.30. The van der Waals surface area contributed by atoms with Gasteiger partial charge in [-0.25, -0.2) is 9.97 Å². The first-order valence-electron chi connectivity index (χ1n) is 8.54. The first kappa shape index (κ1) is 17.3. The van der Waals surface area contributed by atoms with Crippen LogP contribution in [-0.4, -0.2) is 64.8 Å². The number of ether oxygens (including phenoxy) is 1. The fourth-order valence-electron chi connectivity index (χ4n) is 2.77. The molecule has 0 bridgehead atoms. The molecule has 0 spiro atoms. The average molecular weight is 344 g/mol. The maximum absolute atomic E-state index is 12.8. The van der Waals surface area contributed by atoms with Gasteiger partial charge in [0, 0.05) is 38.8 Å². The monoisotopic (exact) mass is 344 g/mol. The van der Waals surface area contributed by atoms with Crippen molar-refractivity contribution in [2.45, 2.75) is 25.9 Å². The molecule has 2 aromatic rings. The Balaban J connectivity index is 1.72. The second kappa shape index (κ2) is 7.60. The molecule has 0 aromatic carbocycles. The summed E-state index contributed by atoms with van der Waals surface area (Å²) in [5.41, 5.74) is 0.626. The summed E-state index contributed by atoms with van der Waals surface area (Å²) < 4.78 is 5.77. The molecule has 0 unspecified atom stereocenters. The molecule has 1 amide bonds. The fraction of sp³-hybridized carbons (Fsp3) is 0.529. The molecular formula is C17H24N6O2. The third-order valence-corrected chi connectivity index (χ3v) is 4.13. The highest BCUT2D eigenvalue weighted by Gasteiger charge is 2.28. The smallest absolute Gasteiger partial charge is 0.254 e. The quantitative estimate of drug-likeness (QED) is 0.883. The maximum Gasteiger partial charge on any atom is 0.254 e. The summed E-state index contributed by atoms with van der Waals surface area (Å²) in [6.07, 6.45) is 3.22. The first-order valence-corrected chi connectivity index (χ1v) is 8.54. The fourth-order valence-corrected chi connectivity index (χ4v) is 2.77. The van der Waals surface area contributed by atoms with Gasteiger partial charge in [-0.15, -0.1) is 0 Å². The zero-order chi connectivity index (χ0) is 17.8. The van der Waals surface area contributed by atoms with E-state index in [1.807, 2.05) is 19.0 Å². The average Bonchev–Trinajstić information content (AvgIpc) is 3.10. The van der Waals surface area contributed by atoms with Gasteiger partial charge >= 0.3 is 0 Å². The highest BCUT2D eigenvalue weighted by Crippen LogP contribution is 2.21. The number of morpholine rings is 1. The van der Waals surface area contributed by atoms with Crippen LogP contribution in [0.25, 0.3) is 0 Å². The third-order valence-electron chi connectivity index (χ3n) is 4.13. The van der Waals surface area contributed by atoms with E-state index < -0.39 is 0 Å². The summed E-state index contributed by atoms with van der Waals surface area (Å²) in [6, 6.07) is 3.55. The molecule has 8 nitrogen and oxygen atoms in total. The van der Waals surface area contributed by atoms with Crippen LogP contribution in [0.2, 0.25) is 0 Å². The number of carbonyl (C=O) groups is 1. The molecule has 1 N–H and O–H groups in total. The van der Waals surface area contributed by atoms with E-state index >= 15 is 0 Å². The van der Waals surface area contributed by atoms with Gasteiger partial charge in [0.2, 0.25) is 0 Å². The van der Waals surface area contributed by atoms with Crippen LogP contribution in [0, 0.1) is 0 Å². The molecule has 3 heterocycles. The number of nitrogens with one attached hydrogen (secondary N) is 1. The predicted molar refractivity (Wildman–Crippen MR) is 93.5 cm³/mol. The largest absolute Gasteiger partial charge is 0.366 e. The SMILES string of the molecule is CCCc1nc([C@@H]2CN(C(=O)c3ccnc(N(C)C)c3)CCO2)n[nH]1. The number of H-pyrrole nitrogens is 1. The number of carbonyl (C=O) groups excluding carboxylic acids is 1. The van der Waals surface area contributed by atoms with Crippen molar-refractivity contribution in [3.63, 3.8) is 0 Å². The molecular weight excluding hydrogens is 320 g/mol. The predicted octanol–water partition coefficient (Wildman–Crippen LogP) is 1.43. The zero-order valence-corrected chi connectivity index (χ0v) is 14.9. The molecule has 1 atom stereocenters. The van der Waals surface area contributed by atoms with Gasteiger partial charge in [0.05, 0.1) is 13.2 Å². The van der Waals surface area contributed by atoms with Crippen molar-refractivity contribution in [3.05, 3.63) is 35.5 Å². The number of aromatic amines is 1. The summed E-state index contributed by atoms with van der Waals surface area (Å²) in [4.78, 5) is 25.2. The van der Waals surface area contributed by atoms with E-state index in [1.54, 1.807) is 23.2 Å². The highest BCUT2D eigenvalue weighted by molar-refractivity contribution is 5.95. The van der Waals surface area contributed by atoms with Crippen LogP contribution in [0.3, 0.4) is 0 Å². The van der Waals surface area contributed by atoms with E-state index in [2.05, 4.69) is 27.1 Å². The number of anilines is 1. The molecule has 0 aliphatic carbocycles. The van der Waals surface area contributed by atoms with Crippen molar-refractivity contribution in [1.29, 1.82) is 0 Å². The minimum Gasteiger partial charge on any atom is -0.366 e. The lowest BCUT2D eigenvalue weighted by Gasteiger charge is -2.31. The van der Waals surface area contributed by atoms with E-state index in [9.17, 15) is 4.79 Å². The van der Waals surface area contributed by atoms with Crippen LogP contribution in [0.4, 0.5) is 5.82 Å². The Hall–Kier alpha value is -2.48. The van der Waals surface area contributed by atoms with E-state index in [0.29, 0.717) is 31.1 Å². The summed E-state index contributed by atoms with van der Waals surface area (Å²) in [5, 5.41) is 7.19. The molecule has 8 heteroatoms. The minimum absolute atomic E-state index is 0.0249. The number of amides is 1. The molecule has 1 aliphatic rings. The number of aromatic nitrogens is 4. The van der Waals surface area contributed by atoms with Crippen molar-refractivity contribution in [2.75, 3.05) is 38.7 Å². The van der Waals surface area contributed by atoms with E-state index in [4.69, 9.17) is 4.74 Å². The Labute approximate surface area is 147 Å². The summed E-state index contributed by atoms with van der Waals surface area (Å²) in [5.74, 6) is 2.20. The zero-order valence-electron chi connectivity index (χ0n) is 14.9. The molecule has 3 rings (SSSR count). The van der Waals surface area contributed by atoms with Crippen LogP contribution in [0.1, 0.15) is 41.5 Å². The van der Waals surface area contributed by atoms with Gasteiger partial charge < -0.3 is 14.5 Å². The number of nitrogens with zero attached hydrogens (tertiary/aromatic N) is 5. The van der Waals surface area contributed by atoms with Crippen LogP contribution in [0.15, 0.2) is 18.3 Å². The number of pyridine rings is 1. The molecule has 0 saturated carbocycles. The lowest BCUT2D eigenvalue weighted by molar-refractivity contribution is -0.0266. The molecule has 1 aliphatic heterocycles. The molecule has 1 saturated heterocycles. The maximum atomic E-state index is 12.8. The standard InChI is InChI=1S/C17H24N6O2/c1-4-5-14-19-16(21-20-14)13-11-23(8-9-25-13)17(24)12-6-7-18-15(10-12)22(2)3/h6-7,10,13H,4-5,8-9,11H2,1-3H3,(H,19,20,21)/t13-/m0/s1. The van der Waals surface area contributed by atoms with Crippen molar-refractivity contribution in [1.82, 2.24) is 25.1 Å². The number of aryl methyl sites for hydroxylation is 1. The van der Waals surface area contributed by atoms with E-state index in [1.165, 1.54) is 0 Å². The molecule has 2 aromatic heterocycles. The van der Waals surface area contributed by atoms with Gasteiger partial charge in [-0.2, -0.15) is 5.10 Å². The van der Waals surface area contributed by atoms with Crippen molar-refractivity contribution >= 4 is 11.7 Å². The van der Waals surface area contributed by atoms with Crippen LogP contribution >= 0.6 is 0 Å². The van der Waals surface area contributed by atoms with Crippen LogP contribution in [0.5, 0.6) is 0 Å². The van der Waals surface area contributed by atoms with Crippen LogP contribution < -0.4 is 4.90 Å². The molecule has 1 fully saturated rings. The Bertz CT molecular complexity index is 729. The van der Waals surface area contributed by atoms with Gasteiger partial charge in [-0.3, -0.25) is 9.89 Å². The number of rotatable bonds is 5. The van der Waals surface area contributed by atoms with Crippen LogP contribution in [-0.2, 0) is 11.2 Å². The van der Waals surface area contributed by atoms with E-state index in [0.717, 1.165) is 24.5 Å². The van der Waals surface area contributed by atoms with E-state index in [-0.39, 0.29) is 12.0 Å². The number of hydrogen-bond donors (Lipinski definition) is 1. The summed E-state index contributed by atoms with van der Waals surface area (Å²) >= 11 is 0. The van der Waals surface area contributed by atoms with Gasteiger partial charge in [-0.05, 0) is 18.6 Å². The van der Waals surface area contributed by atoms with Crippen molar-refractivity contribution in [2.24, 2.45) is 0 Å². The summed E-state index contributed by atoms with van der Waals surface area (Å²) in [6.45, 7) is 3.57. The van der Waals surface area contributed by atoms with Gasteiger partial charge in [0.15, 0.2) is 5.82 Å². The third kappa shape index (κ3) is 3.96. The number of hydrogen-bond acceptors (Lipinski definition) is 6. The molecule has 134 valence electrons. The van der Waals surface area contributed by atoms with Crippen molar-refractivity contribution < 1.29 is 9.53 Å².